The first kappa shape index (κ1) is 18.7. The molecule has 0 aromatic rings. The van der Waals surface area contributed by atoms with Gasteiger partial charge in [0, 0.05) is 11.6 Å². The molecular weight excluding hydrogens is 256 g/mol. The normalized spacial score (nSPS) is 12.9. The number of carbonyl (C=O) groups is 2. The Balaban J connectivity index is 4.82. The van der Waals surface area contributed by atoms with Gasteiger partial charge in [-0.1, -0.05) is 39.5 Å². The van der Waals surface area contributed by atoms with E-state index in [-0.39, 0.29) is 0 Å². The first-order chi connectivity index (χ1) is 9.58. The summed E-state index contributed by atoms with van der Waals surface area (Å²) in [5.41, 5.74) is 0.424. The van der Waals surface area contributed by atoms with Gasteiger partial charge >= 0.3 is 11.9 Å². The summed E-state index contributed by atoms with van der Waals surface area (Å²) < 4.78 is 9.89. The number of hydrogen-bond acceptors (Lipinski definition) is 4. The van der Waals surface area contributed by atoms with Crippen molar-refractivity contribution in [1.82, 2.24) is 0 Å². The molecule has 0 aromatic carbocycles. The van der Waals surface area contributed by atoms with Crippen LogP contribution in [-0.4, -0.2) is 25.2 Å². The van der Waals surface area contributed by atoms with Gasteiger partial charge in [0.05, 0.1) is 13.2 Å². The summed E-state index contributed by atoms with van der Waals surface area (Å²) in [5, 5.41) is 0. The predicted octanol–water partition coefficient (Wildman–Crippen LogP) is 3.65. The zero-order valence-electron chi connectivity index (χ0n) is 13.2. The fourth-order valence-corrected chi connectivity index (χ4v) is 2.01. The van der Waals surface area contributed by atoms with E-state index in [0.717, 1.165) is 25.7 Å². The highest BCUT2D eigenvalue weighted by atomic mass is 16.5. The number of unbranched alkanes of at least 4 members (excludes halogenated alkanes) is 1. The second kappa shape index (κ2) is 11.5. The molecule has 4 heteroatoms. The van der Waals surface area contributed by atoms with Gasteiger partial charge in [-0.05, 0) is 26.2 Å². The van der Waals surface area contributed by atoms with Crippen molar-refractivity contribution in [3.63, 3.8) is 0 Å². The number of rotatable bonds is 10. The molecule has 0 aromatic heterocycles. The number of ether oxygens (including phenoxy) is 2. The minimum absolute atomic E-state index is 0.304. The summed E-state index contributed by atoms with van der Waals surface area (Å²) in [6, 6.07) is 0. The van der Waals surface area contributed by atoms with Crippen LogP contribution in [0.3, 0.4) is 0 Å². The van der Waals surface area contributed by atoms with E-state index in [1.807, 2.05) is 0 Å². The Morgan fingerprint density at radius 3 is 2.20 bits per heavy atom. The number of esters is 2. The zero-order valence-corrected chi connectivity index (χ0v) is 13.2. The lowest BCUT2D eigenvalue weighted by Crippen LogP contribution is -2.14. The minimum Gasteiger partial charge on any atom is -0.463 e. The Morgan fingerprint density at radius 2 is 1.70 bits per heavy atom. The fourth-order valence-electron chi connectivity index (χ4n) is 2.01. The third kappa shape index (κ3) is 7.97. The topological polar surface area (TPSA) is 52.6 Å². The van der Waals surface area contributed by atoms with Crippen molar-refractivity contribution < 1.29 is 19.1 Å². The van der Waals surface area contributed by atoms with Crippen molar-refractivity contribution in [3.05, 3.63) is 11.6 Å². The third-order valence-electron chi connectivity index (χ3n) is 3.17. The molecule has 0 bridgehead atoms. The average molecular weight is 284 g/mol. The molecule has 20 heavy (non-hydrogen) atoms. The van der Waals surface area contributed by atoms with Gasteiger partial charge in [0.2, 0.25) is 0 Å². The quantitative estimate of drug-likeness (QED) is 0.454. The van der Waals surface area contributed by atoms with Gasteiger partial charge in [-0.15, -0.1) is 0 Å². The van der Waals surface area contributed by atoms with Crippen LogP contribution in [0, 0.1) is 5.92 Å². The van der Waals surface area contributed by atoms with Gasteiger partial charge in [0.15, 0.2) is 0 Å². The molecule has 0 aliphatic carbocycles. The molecule has 0 N–H and O–H groups in total. The molecular formula is C16H28O4. The van der Waals surface area contributed by atoms with Gasteiger partial charge in [0.25, 0.3) is 0 Å². The van der Waals surface area contributed by atoms with E-state index in [2.05, 4.69) is 13.8 Å². The summed E-state index contributed by atoms with van der Waals surface area (Å²) in [6.45, 7) is 8.37. The van der Waals surface area contributed by atoms with Crippen molar-refractivity contribution in [3.8, 4) is 0 Å². The smallest absolute Gasteiger partial charge is 0.334 e. The fraction of sp³-hybridized carbons (Fsp3) is 0.750. The maximum Gasteiger partial charge on any atom is 0.334 e. The molecule has 0 aliphatic heterocycles. The van der Waals surface area contributed by atoms with E-state index in [1.54, 1.807) is 13.8 Å². The minimum atomic E-state index is -0.471. The van der Waals surface area contributed by atoms with E-state index >= 15 is 0 Å². The Kier molecular flexibility index (Phi) is 10.7. The Bertz CT molecular complexity index is 320. The molecule has 116 valence electrons. The first-order valence-corrected chi connectivity index (χ1v) is 7.63. The molecule has 0 rings (SSSR count). The molecule has 0 fully saturated rings. The van der Waals surface area contributed by atoms with Gasteiger partial charge in [0.1, 0.15) is 0 Å². The first-order valence-electron chi connectivity index (χ1n) is 7.63. The SMILES string of the molecule is CCCCC(CC)C/C(=C/C(=O)OCC)C(=O)OCC. The van der Waals surface area contributed by atoms with Crippen LogP contribution in [0.25, 0.3) is 0 Å². The van der Waals surface area contributed by atoms with Crippen LogP contribution >= 0.6 is 0 Å². The van der Waals surface area contributed by atoms with Crippen molar-refractivity contribution in [2.45, 2.75) is 59.8 Å². The molecule has 0 aliphatic rings. The van der Waals surface area contributed by atoms with E-state index in [4.69, 9.17) is 9.47 Å². The second-order valence-corrected chi connectivity index (χ2v) is 4.76. The monoisotopic (exact) mass is 284 g/mol. The van der Waals surface area contributed by atoms with Gasteiger partial charge < -0.3 is 9.47 Å². The molecule has 0 amide bonds. The highest BCUT2D eigenvalue weighted by molar-refractivity contribution is 5.96. The highest BCUT2D eigenvalue weighted by Gasteiger charge is 2.18. The Hall–Kier alpha value is -1.32. The third-order valence-corrected chi connectivity index (χ3v) is 3.17. The second-order valence-electron chi connectivity index (χ2n) is 4.76. The van der Waals surface area contributed by atoms with E-state index in [0.29, 0.717) is 31.1 Å². The molecule has 0 saturated carbocycles. The number of carbonyl (C=O) groups excluding carboxylic acids is 2. The summed E-state index contributed by atoms with van der Waals surface area (Å²) in [6.07, 6.45) is 6.18. The van der Waals surface area contributed by atoms with Crippen LogP contribution in [0.5, 0.6) is 0 Å². The van der Waals surface area contributed by atoms with Crippen LogP contribution in [-0.2, 0) is 19.1 Å². The summed E-state index contributed by atoms with van der Waals surface area (Å²) >= 11 is 0. The van der Waals surface area contributed by atoms with Crippen LogP contribution in [0.1, 0.15) is 59.8 Å². The maximum absolute atomic E-state index is 11.9. The van der Waals surface area contributed by atoms with E-state index in [9.17, 15) is 9.59 Å². The molecule has 0 spiro atoms. The lowest BCUT2D eigenvalue weighted by Gasteiger charge is -2.16. The lowest BCUT2D eigenvalue weighted by molar-refractivity contribution is -0.141. The molecule has 0 heterocycles. The van der Waals surface area contributed by atoms with Gasteiger partial charge in [-0.3, -0.25) is 0 Å². The van der Waals surface area contributed by atoms with Crippen LogP contribution in [0.2, 0.25) is 0 Å². The Morgan fingerprint density at radius 1 is 1.05 bits per heavy atom. The summed E-state index contributed by atoms with van der Waals surface area (Å²) in [5.74, 6) is -0.476. The van der Waals surface area contributed by atoms with Gasteiger partial charge in [-0.25, -0.2) is 9.59 Å². The van der Waals surface area contributed by atoms with Crippen molar-refractivity contribution in [2.75, 3.05) is 13.2 Å². The number of hydrogen-bond donors (Lipinski definition) is 0. The largest absolute Gasteiger partial charge is 0.463 e. The van der Waals surface area contributed by atoms with Crippen LogP contribution in [0.4, 0.5) is 0 Å². The van der Waals surface area contributed by atoms with Crippen LogP contribution in [0.15, 0.2) is 11.6 Å². The standard InChI is InChI=1S/C16H28O4/c1-5-9-10-13(6-2)11-14(16(18)20-8-4)12-15(17)19-7-3/h12-13H,5-11H2,1-4H3/b14-12-. The van der Waals surface area contributed by atoms with E-state index < -0.39 is 11.9 Å². The zero-order chi connectivity index (χ0) is 15.4. The highest BCUT2D eigenvalue weighted by Crippen LogP contribution is 2.22. The van der Waals surface area contributed by atoms with Crippen molar-refractivity contribution in [2.24, 2.45) is 5.92 Å². The Labute approximate surface area is 122 Å². The molecule has 1 unspecified atom stereocenters. The lowest BCUT2D eigenvalue weighted by atomic mass is 9.91. The summed E-state index contributed by atoms with van der Waals surface area (Å²) in [4.78, 5) is 23.4. The molecule has 1 atom stereocenters. The molecule has 0 saturated heterocycles. The van der Waals surface area contributed by atoms with E-state index in [1.165, 1.54) is 6.08 Å². The predicted molar refractivity (Wildman–Crippen MR) is 79.3 cm³/mol. The summed E-state index contributed by atoms with van der Waals surface area (Å²) in [7, 11) is 0. The molecule has 4 nitrogen and oxygen atoms in total. The van der Waals surface area contributed by atoms with Crippen molar-refractivity contribution >= 4 is 11.9 Å². The average Bonchev–Trinajstić information content (AvgIpc) is 2.42. The maximum atomic E-state index is 11.9. The van der Waals surface area contributed by atoms with Gasteiger partial charge in [-0.2, -0.15) is 0 Å². The van der Waals surface area contributed by atoms with Crippen LogP contribution < -0.4 is 0 Å². The molecule has 0 radical (unpaired) electrons. The van der Waals surface area contributed by atoms with Crippen molar-refractivity contribution in [1.29, 1.82) is 0 Å².